The number of nitrogens with zero attached hydrogens (tertiary/aromatic N) is 3. The van der Waals surface area contributed by atoms with Crippen LogP contribution in [0.2, 0.25) is 0 Å². The average Bonchev–Trinajstić information content (AvgIpc) is 2.63. The van der Waals surface area contributed by atoms with Gasteiger partial charge in [-0.1, -0.05) is 0 Å². The smallest absolute Gasteiger partial charge is 0.134 e. The van der Waals surface area contributed by atoms with E-state index in [0.29, 0.717) is 13.0 Å². The molecule has 0 saturated carbocycles. The third kappa shape index (κ3) is 3.31. The van der Waals surface area contributed by atoms with E-state index in [9.17, 15) is 0 Å². The van der Waals surface area contributed by atoms with E-state index in [-0.39, 0.29) is 0 Å². The monoisotopic (exact) mass is 248 g/mol. The molecule has 0 aliphatic carbocycles. The second-order valence-electron chi connectivity index (χ2n) is 3.99. The molecule has 0 saturated heterocycles. The molecule has 0 fully saturated rings. The van der Waals surface area contributed by atoms with Gasteiger partial charge in [0.1, 0.15) is 5.82 Å². The number of aromatic nitrogens is 3. The fraction of sp³-hybridized carbons (Fsp3) is 0.417. The Hall–Kier alpha value is -1.33. The molecule has 0 bridgehead atoms. The van der Waals surface area contributed by atoms with Gasteiger partial charge >= 0.3 is 0 Å². The summed E-state index contributed by atoms with van der Waals surface area (Å²) in [5.41, 5.74) is 8.59. The number of hydrogen-bond acceptors (Lipinski definition) is 5. The van der Waals surface area contributed by atoms with Crippen molar-refractivity contribution in [2.75, 3.05) is 6.54 Å². The van der Waals surface area contributed by atoms with Crippen molar-refractivity contribution >= 4 is 11.3 Å². The Balaban J connectivity index is 2.20. The fourth-order valence-electron chi connectivity index (χ4n) is 1.71. The summed E-state index contributed by atoms with van der Waals surface area (Å²) in [5.74, 6) is 0.832. The van der Waals surface area contributed by atoms with Gasteiger partial charge in [0.15, 0.2) is 0 Å². The van der Waals surface area contributed by atoms with E-state index in [1.165, 1.54) is 0 Å². The molecule has 2 rings (SSSR count). The highest BCUT2D eigenvalue weighted by Crippen LogP contribution is 2.11. The molecule has 0 spiro atoms. The van der Waals surface area contributed by atoms with Crippen molar-refractivity contribution < 1.29 is 0 Å². The van der Waals surface area contributed by atoms with E-state index in [1.54, 1.807) is 11.3 Å². The van der Waals surface area contributed by atoms with E-state index in [4.69, 9.17) is 5.73 Å². The summed E-state index contributed by atoms with van der Waals surface area (Å²) in [4.78, 5) is 13.4. The molecule has 2 N–H and O–H groups in total. The van der Waals surface area contributed by atoms with Gasteiger partial charge in [-0.2, -0.15) is 0 Å². The van der Waals surface area contributed by atoms with E-state index in [0.717, 1.165) is 34.3 Å². The van der Waals surface area contributed by atoms with Crippen LogP contribution >= 0.6 is 11.3 Å². The molecule has 2 aromatic rings. The molecule has 0 unspecified atom stereocenters. The molecule has 0 aromatic carbocycles. The number of aryl methyl sites for hydroxylation is 2. The Kier molecular flexibility index (Phi) is 3.81. The topological polar surface area (TPSA) is 64.7 Å². The molecule has 17 heavy (non-hydrogen) atoms. The van der Waals surface area contributed by atoms with Crippen molar-refractivity contribution in [1.82, 2.24) is 15.0 Å². The van der Waals surface area contributed by atoms with Crippen molar-refractivity contribution in [3.05, 3.63) is 39.4 Å². The van der Waals surface area contributed by atoms with Gasteiger partial charge in [-0.15, -0.1) is 11.3 Å². The summed E-state index contributed by atoms with van der Waals surface area (Å²) < 4.78 is 0. The minimum Gasteiger partial charge on any atom is -0.330 e. The number of rotatable bonds is 4. The molecule has 5 heteroatoms. The summed E-state index contributed by atoms with van der Waals surface area (Å²) in [5, 5.41) is 3.14. The van der Waals surface area contributed by atoms with Gasteiger partial charge in [0.05, 0.1) is 17.1 Å². The van der Waals surface area contributed by atoms with Crippen molar-refractivity contribution in [3.8, 4) is 0 Å². The van der Waals surface area contributed by atoms with Gasteiger partial charge in [-0.25, -0.2) is 15.0 Å². The zero-order valence-electron chi connectivity index (χ0n) is 10.1. The zero-order chi connectivity index (χ0) is 12.3. The Bertz CT molecular complexity index is 507. The molecule has 0 radical (unpaired) electrons. The zero-order valence-corrected chi connectivity index (χ0v) is 10.9. The van der Waals surface area contributed by atoms with Gasteiger partial charge < -0.3 is 5.73 Å². The molecule has 2 heterocycles. The van der Waals surface area contributed by atoms with Crippen LogP contribution in [0.25, 0.3) is 0 Å². The van der Waals surface area contributed by atoms with Crippen molar-refractivity contribution in [2.24, 2.45) is 5.73 Å². The third-order valence-corrected chi connectivity index (χ3v) is 3.18. The number of thiazole rings is 1. The SMILES string of the molecule is Cc1cc(CCN)nc(Cc2csc(C)n2)n1. The van der Waals surface area contributed by atoms with Crippen LogP contribution in [0.4, 0.5) is 0 Å². The molecule has 2 aromatic heterocycles. The molecule has 4 nitrogen and oxygen atoms in total. The molecular weight excluding hydrogens is 232 g/mol. The maximum Gasteiger partial charge on any atom is 0.134 e. The lowest BCUT2D eigenvalue weighted by molar-refractivity contribution is 0.846. The average molecular weight is 248 g/mol. The molecule has 0 atom stereocenters. The Morgan fingerprint density at radius 3 is 2.65 bits per heavy atom. The maximum atomic E-state index is 5.55. The van der Waals surface area contributed by atoms with Crippen LogP contribution in [0, 0.1) is 13.8 Å². The van der Waals surface area contributed by atoms with Gasteiger partial charge in [0.2, 0.25) is 0 Å². The first-order chi connectivity index (χ1) is 8.17. The number of hydrogen-bond donors (Lipinski definition) is 1. The second-order valence-corrected chi connectivity index (χ2v) is 5.05. The van der Waals surface area contributed by atoms with Crippen molar-refractivity contribution in [2.45, 2.75) is 26.7 Å². The summed E-state index contributed by atoms with van der Waals surface area (Å²) in [6.45, 7) is 4.61. The van der Waals surface area contributed by atoms with Crippen LogP contribution in [0.15, 0.2) is 11.4 Å². The van der Waals surface area contributed by atoms with Gasteiger partial charge in [0, 0.05) is 23.2 Å². The van der Waals surface area contributed by atoms with Gasteiger partial charge in [0.25, 0.3) is 0 Å². The molecule has 0 aliphatic rings. The maximum absolute atomic E-state index is 5.55. The minimum atomic E-state index is 0.617. The highest BCUT2D eigenvalue weighted by molar-refractivity contribution is 7.09. The first kappa shape index (κ1) is 12.1. The van der Waals surface area contributed by atoms with Gasteiger partial charge in [-0.3, -0.25) is 0 Å². The largest absolute Gasteiger partial charge is 0.330 e. The van der Waals surface area contributed by atoms with Crippen molar-refractivity contribution in [3.63, 3.8) is 0 Å². The highest BCUT2D eigenvalue weighted by Gasteiger charge is 2.05. The van der Waals surface area contributed by atoms with Crippen LogP contribution in [0.5, 0.6) is 0 Å². The van der Waals surface area contributed by atoms with E-state index in [1.807, 2.05) is 19.9 Å². The summed E-state index contributed by atoms with van der Waals surface area (Å²) in [7, 11) is 0. The van der Waals surface area contributed by atoms with Crippen LogP contribution in [-0.2, 0) is 12.8 Å². The second kappa shape index (κ2) is 5.33. The molecular formula is C12H16N4S. The lowest BCUT2D eigenvalue weighted by atomic mass is 10.2. The van der Waals surface area contributed by atoms with Crippen molar-refractivity contribution in [1.29, 1.82) is 0 Å². The van der Waals surface area contributed by atoms with Crippen LogP contribution in [0.3, 0.4) is 0 Å². The van der Waals surface area contributed by atoms with Crippen LogP contribution in [-0.4, -0.2) is 21.5 Å². The first-order valence-electron chi connectivity index (χ1n) is 5.62. The lowest BCUT2D eigenvalue weighted by Crippen LogP contribution is -2.08. The molecule has 0 amide bonds. The Morgan fingerprint density at radius 2 is 2.00 bits per heavy atom. The van der Waals surface area contributed by atoms with Crippen LogP contribution < -0.4 is 5.73 Å². The van der Waals surface area contributed by atoms with E-state index in [2.05, 4.69) is 20.3 Å². The molecule has 90 valence electrons. The van der Waals surface area contributed by atoms with Crippen LogP contribution in [0.1, 0.15) is 27.9 Å². The lowest BCUT2D eigenvalue weighted by Gasteiger charge is -2.03. The Labute approximate surface area is 105 Å². The predicted molar refractivity (Wildman–Crippen MR) is 69.2 cm³/mol. The number of nitrogens with two attached hydrogens (primary N) is 1. The van der Waals surface area contributed by atoms with Gasteiger partial charge in [-0.05, 0) is 26.5 Å². The Morgan fingerprint density at radius 1 is 1.18 bits per heavy atom. The summed E-state index contributed by atoms with van der Waals surface area (Å²) >= 11 is 1.66. The molecule has 0 aliphatic heterocycles. The minimum absolute atomic E-state index is 0.617. The normalized spacial score (nSPS) is 10.8. The van der Waals surface area contributed by atoms with E-state index >= 15 is 0 Å². The quantitative estimate of drug-likeness (QED) is 0.893. The van der Waals surface area contributed by atoms with E-state index < -0.39 is 0 Å². The highest BCUT2D eigenvalue weighted by atomic mass is 32.1. The predicted octanol–water partition coefficient (Wildman–Crippen LogP) is 1.64. The summed E-state index contributed by atoms with van der Waals surface area (Å²) in [6.07, 6.45) is 1.50. The fourth-order valence-corrected chi connectivity index (χ4v) is 2.32. The third-order valence-electron chi connectivity index (χ3n) is 2.36. The first-order valence-corrected chi connectivity index (χ1v) is 6.50. The standard InChI is InChI=1S/C12H16N4S/c1-8-5-10(3-4-13)16-12(14-8)6-11-7-17-9(2)15-11/h5,7H,3-4,6,13H2,1-2H3. The summed E-state index contributed by atoms with van der Waals surface area (Å²) in [6, 6.07) is 1.99.